The molecule has 1 aromatic carbocycles. The second kappa shape index (κ2) is 5.23. The van der Waals surface area contributed by atoms with Gasteiger partial charge in [-0.2, -0.15) is 0 Å². The van der Waals surface area contributed by atoms with Crippen molar-refractivity contribution in [3.63, 3.8) is 0 Å². The molecule has 1 aromatic heterocycles. The van der Waals surface area contributed by atoms with Crippen molar-refractivity contribution in [2.24, 2.45) is 0 Å². The fourth-order valence-corrected chi connectivity index (χ4v) is 1.67. The van der Waals surface area contributed by atoms with Crippen molar-refractivity contribution in [2.75, 3.05) is 0 Å². The zero-order valence-electron chi connectivity index (χ0n) is 9.49. The first-order valence-corrected chi connectivity index (χ1v) is 5.57. The number of hydrogen-bond donors (Lipinski definition) is 0. The number of benzene rings is 1. The highest BCUT2D eigenvalue weighted by atomic mass is 35.5. The molecule has 0 spiro atoms. The Hall–Kier alpha value is -1.81. The van der Waals surface area contributed by atoms with Gasteiger partial charge in [0.05, 0.1) is 0 Å². The van der Waals surface area contributed by atoms with Crippen molar-refractivity contribution in [3.8, 4) is 0 Å². The summed E-state index contributed by atoms with van der Waals surface area (Å²) >= 11 is 5.78. The summed E-state index contributed by atoms with van der Waals surface area (Å²) in [5, 5.41) is 0.321. The highest BCUT2D eigenvalue weighted by Crippen LogP contribution is 2.13. The van der Waals surface area contributed by atoms with Crippen LogP contribution in [-0.4, -0.2) is 9.97 Å². The summed E-state index contributed by atoms with van der Waals surface area (Å²) in [5.74, 6) is -0.867. The third-order valence-corrected chi connectivity index (χ3v) is 2.41. The number of halogens is 3. The van der Waals surface area contributed by atoms with Crippen LogP contribution in [0.3, 0.4) is 0 Å². The highest BCUT2D eigenvalue weighted by Gasteiger charge is 2.01. The van der Waals surface area contributed by atoms with Crippen LogP contribution in [0.4, 0.5) is 8.78 Å². The van der Waals surface area contributed by atoms with Gasteiger partial charge in [0.1, 0.15) is 16.8 Å². The molecule has 0 bridgehead atoms. The number of hydrogen-bond acceptors (Lipinski definition) is 2. The van der Waals surface area contributed by atoms with E-state index in [0.29, 0.717) is 16.7 Å². The van der Waals surface area contributed by atoms with E-state index in [4.69, 9.17) is 11.6 Å². The van der Waals surface area contributed by atoms with Gasteiger partial charge in [-0.15, -0.1) is 0 Å². The van der Waals surface area contributed by atoms with Crippen LogP contribution in [0.15, 0.2) is 24.3 Å². The molecule has 5 heteroatoms. The molecule has 2 rings (SSSR count). The summed E-state index contributed by atoms with van der Waals surface area (Å²) in [6.07, 6.45) is 3.00. The van der Waals surface area contributed by atoms with Gasteiger partial charge in [0.25, 0.3) is 0 Å². The van der Waals surface area contributed by atoms with Gasteiger partial charge in [0.15, 0.2) is 5.82 Å². The second-order valence-electron chi connectivity index (χ2n) is 3.69. The van der Waals surface area contributed by atoms with Crippen LogP contribution in [0, 0.1) is 18.6 Å². The third kappa shape index (κ3) is 3.11. The van der Waals surface area contributed by atoms with Crippen molar-refractivity contribution in [3.05, 3.63) is 58.1 Å². The molecule has 18 heavy (non-hydrogen) atoms. The Labute approximate surface area is 108 Å². The molecule has 0 unspecified atom stereocenters. The largest absolute Gasteiger partial charge is 0.234 e. The minimum Gasteiger partial charge on any atom is -0.234 e. The van der Waals surface area contributed by atoms with Crippen LogP contribution in [0.1, 0.15) is 17.1 Å². The second-order valence-corrected chi connectivity index (χ2v) is 4.08. The Morgan fingerprint density at radius 1 is 1.11 bits per heavy atom. The lowest BCUT2D eigenvalue weighted by atomic mass is 10.2. The molecular formula is C13H9ClF2N2. The maximum absolute atomic E-state index is 13.4. The van der Waals surface area contributed by atoms with Crippen LogP contribution in [0.2, 0.25) is 5.15 Å². The molecule has 0 saturated carbocycles. The molecule has 0 aliphatic heterocycles. The molecule has 0 amide bonds. The molecule has 0 fully saturated rings. The first-order chi connectivity index (χ1) is 8.54. The molecule has 0 N–H and O–H groups in total. The predicted octanol–water partition coefficient (Wildman–Crippen LogP) is 3.89. The summed E-state index contributed by atoms with van der Waals surface area (Å²) in [6, 6.07) is 4.98. The molecular weight excluding hydrogens is 258 g/mol. The van der Waals surface area contributed by atoms with Crippen molar-refractivity contribution in [2.45, 2.75) is 6.92 Å². The Morgan fingerprint density at radius 3 is 2.56 bits per heavy atom. The predicted molar refractivity (Wildman–Crippen MR) is 67.1 cm³/mol. The van der Waals surface area contributed by atoms with Gasteiger partial charge in [-0.1, -0.05) is 11.6 Å². The van der Waals surface area contributed by atoms with Gasteiger partial charge < -0.3 is 0 Å². The summed E-state index contributed by atoms with van der Waals surface area (Å²) in [5.41, 5.74) is 0.979. The van der Waals surface area contributed by atoms with Gasteiger partial charge in [-0.3, -0.25) is 0 Å². The van der Waals surface area contributed by atoms with Gasteiger partial charge in [0, 0.05) is 17.3 Å². The third-order valence-electron chi connectivity index (χ3n) is 2.21. The van der Waals surface area contributed by atoms with E-state index < -0.39 is 11.6 Å². The van der Waals surface area contributed by atoms with E-state index in [1.807, 2.05) is 0 Å². The van der Waals surface area contributed by atoms with Crippen LogP contribution in [0.25, 0.3) is 12.2 Å². The van der Waals surface area contributed by atoms with Crippen LogP contribution in [0.5, 0.6) is 0 Å². The van der Waals surface area contributed by atoms with Crippen molar-refractivity contribution in [1.82, 2.24) is 9.97 Å². The van der Waals surface area contributed by atoms with Crippen molar-refractivity contribution < 1.29 is 8.78 Å². The van der Waals surface area contributed by atoms with Crippen LogP contribution < -0.4 is 0 Å². The smallest absolute Gasteiger partial charge is 0.153 e. The van der Waals surface area contributed by atoms with Crippen LogP contribution in [-0.2, 0) is 0 Å². The number of rotatable bonds is 2. The van der Waals surface area contributed by atoms with Crippen LogP contribution >= 0.6 is 11.6 Å². The minimum absolute atomic E-state index is 0.262. The number of aromatic nitrogens is 2. The van der Waals surface area contributed by atoms with E-state index in [2.05, 4.69) is 9.97 Å². The number of nitrogens with zero attached hydrogens (tertiary/aromatic N) is 2. The van der Waals surface area contributed by atoms with Gasteiger partial charge >= 0.3 is 0 Å². The molecule has 0 saturated heterocycles. The maximum Gasteiger partial charge on any atom is 0.153 e. The standard InChI is InChI=1S/C13H9ClF2N2/c1-8-6-12(14)18-13(17-8)5-3-9-2-4-10(15)7-11(9)16/h2-7H,1H3. The van der Waals surface area contributed by atoms with Crippen molar-refractivity contribution in [1.29, 1.82) is 0 Å². The Bertz CT molecular complexity index is 592. The Balaban J connectivity index is 2.29. The topological polar surface area (TPSA) is 25.8 Å². The lowest BCUT2D eigenvalue weighted by molar-refractivity contribution is 0.581. The summed E-state index contributed by atoms with van der Waals surface area (Å²) < 4.78 is 26.1. The fourth-order valence-electron chi connectivity index (χ4n) is 1.43. The first-order valence-electron chi connectivity index (χ1n) is 5.19. The Kier molecular flexibility index (Phi) is 3.67. The van der Waals surface area contributed by atoms with Gasteiger partial charge in [-0.25, -0.2) is 18.7 Å². The van der Waals surface area contributed by atoms with E-state index in [1.165, 1.54) is 24.3 Å². The molecule has 0 aliphatic rings. The van der Waals surface area contributed by atoms with E-state index >= 15 is 0 Å². The van der Waals surface area contributed by atoms with Crippen molar-refractivity contribution >= 4 is 23.8 Å². The summed E-state index contributed by atoms with van der Waals surface area (Å²) in [7, 11) is 0. The molecule has 2 nitrogen and oxygen atoms in total. The molecule has 0 aliphatic carbocycles. The fraction of sp³-hybridized carbons (Fsp3) is 0.0769. The average Bonchev–Trinajstić information content (AvgIpc) is 2.26. The summed E-state index contributed by atoms with van der Waals surface area (Å²) in [6.45, 7) is 1.78. The average molecular weight is 267 g/mol. The first kappa shape index (κ1) is 12.6. The molecule has 1 heterocycles. The molecule has 0 atom stereocenters. The SMILES string of the molecule is Cc1cc(Cl)nc(C=Cc2ccc(F)cc2F)n1. The lowest BCUT2D eigenvalue weighted by Gasteiger charge is -1.98. The van der Waals surface area contributed by atoms with E-state index in [0.717, 1.165) is 6.07 Å². The zero-order valence-corrected chi connectivity index (χ0v) is 10.2. The van der Waals surface area contributed by atoms with E-state index in [1.54, 1.807) is 13.0 Å². The Morgan fingerprint density at radius 2 is 1.89 bits per heavy atom. The number of aryl methyl sites for hydroxylation is 1. The lowest BCUT2D eigenvalue weighted by Crippen LogP contribution is -1.91. The molecule has 92 valence electrons. The quantitative estimate of drug-likeness (QED) is 0.771. The zero-order chi connectivity index (χ0) is 13.1. The molecule has 0 radical (unpaired) electrons. The van der Waals surface area contributed by atoms with Gasteiger partial charge in [0.2, 0.25) is 0 Å². The van der Waals surface area contributed by atoms with Gasteiger partial charge in [-0.05, 0) is 37.3 Å². The maximum atomic E-state index is 13.4. The normalized spacial score (nSPS) is 11.1. The minimum atomic E-state index is -0.634. The summed E-state index contributed by atoms with van der Waals surface area (Å²) in [4.78, 5) is 8.08. The van der Waals surface area contributed by atoms with E-state index in [-0.39, 0.29) is 5.56 Å². The molecule has 2 aromatic rings. The monoisotopic (exact) mass is 266 g/mol. The van der Waals surface area contributed by atoms with E-state index in [9.17, 15) is 8.78 Å². The highest BCUT2D eigenvalue weighted by molar-refractivity contribution is 6.29.